The van der Waals surface area contributed by atoms with Crippen molar-refractivity contribution in [2.45, 2.75) is 40.2 Å². The highest BCUT2D eigenvalue weighted by Gasteiger charge is 2.24. The van der Waals surface area contributed by atoms with Crippen molar-refractivity contribution in [3.63, 3.8) is 0 Å². The zero-order valence-electron chi connectivity index (χ0n) is 15.1. The molecule has 0 radical (unpaired) electrons. The predicted octanol–water partition coefficient (Wildman–Crippen LogP) is 1.61. The minimum Gasteiger partial charge on any atom is -0.450 e. The molecule has 0 fully saturated rings. The molecule has 3 N–H and O–H groups in total. The van der Waals surface area contributed by atoms with E-state index in [2.05, 4.69) is 20.9 Å². The number of carbonyl (C=O) groups excluding carboxylic acids is 3. The quantitative estimate of drug-likeness (QED) is 0.660. The lowest BCUT2D eigenvalue weighted by Crippen LogP contribution is -2.50. The Balaban J connectivity index is 2.41. The molecular formula is C17H26N4O4. The van der Waals surface area contributed by atoms with Crippen LogP contribution in [0.15, 0.2) is 18.3 Å². The number of carbonyl (C=O) groups is 3. The van der Waals surface area contributed by atoms with Crippen LogP contribution in [0.5, 0.6) is 0 Å². The van der Waals surface area contributed by atoms with E-state index in [1.165, 1.54) is 0 Å². The number of aryl methyl sites for hydroxylation is 1. The molecule has 1 aromatic heterocycles. The predicted molar refractivity (Wildman–Crippen MR) is 94.0 cm³/mol. The van der Waals surface area contributed by atoms with Crippen molar-refractivity contribution >= 4 is 23.7 Å². The van der Waals surface area contributed by atoms with Gasteiger partial charge in [-0.1, -0.05) is 19.9 Å². The van der Waals surface area contributed by atoms with E-state index in [0.717, 1.165) is 5.56 Å². The highest BCUT2D eigenvalue weighted by molar-refractivity contribution is 5.90. The smallest absolute Gasteiger partial charge is 0.407 e. The Morgan fingerprint density at radius 2 is 1.96 bits per heavy atom. The first kappa shape index (κ1) is 20.4. The number of aromatic nitrogens is 1. The molecule has 1 rings (SSSR count). The number of hydrogen-bond donors (Lipinski definition) is 3. The molecule has 3 amide bonds. The number of rotatable bonds is 8. The molecule has 0 aliphatic rings. The molecule has 0 bridgehead atoms. The Labute approximate surface area is 147 Å². The van der Waals surface area contributed by atoms with Crippen LogP contribution in [0.2, 0.25) is 0 Å². The Kier molecular flexibility index (Phi) is 8.38. The van der Waals surface area contributed by atoms with Crippen LogP contribution in [0.4, 0.5) is 10.6 Å². The van der Waals surface area contributed by atoms with Crippen molar-refractivity contribution in [3.8, 4) is 0 Å². The average molecular weight is 350 g/mol. The second-order valence-corrected chi connectivity index (χ2v) is 5.90. The van der Waals surface area contributed by atoms with Crippen LogP contribution < -0.4 is 16.0 Å². The van der Waals surface area contributed by atoms with Gasteiger partial charge in [0.05, 0.1) is 6.61 Å². The number of nitrogens with one attached hydrogen (secondary N) is 3. The molecule has 138 valence electrons. The van der Waals surface area contributed by atoms with Crippen LogP contribution in [0, 0.1) is 12.8 Å². The molecule has 0 aliphatic carbocycles. The average Bonchev–Trinajstić information content (AvgIpc) is 2.54. The van der Waals surface area contributed by atoms with Gasteiger partial charge in [-0.15, -0.1) is 0 Å². The summed E-state index contributed by atoms with van der Waals surface area (Å²) in [7, 11) is 0. The van der Waals surface area contributed by atoms with Gasteiger partial charge in [0.15, 0.2) is 0 Å². The summed E-state index contributed by atoms with van der Waals surface area (Å²) in [6.45, 7) is 7.60. The van der Waals surface area contributed by atoms with Crippen molar-refractivity contribution in [2.75, 3.05) is 18.5 Å². The van der Waals surface area contributed by atoms with E-state index in [1.54, 1.807) is 19.2 Å². The third kappa shape index (κ3) is 7.65. The second-order valence-electron chi connectivity index (χ2n) is 5.90. The molecule has 0 saturated heterocycles. The van der Waals surface area contributed by atoms with E-state index < -0.39 is 12.1 Å². The summed E-state index contributed by atoms with van der Waals surface area (Å²) in [6, 6.07) is 2.84. The van der Waals surface area contributed by atoms with Crippen molar-refractivity contribution in [3.05, 3.63) is 23.9 Å². The summed E-state index contributed by atoms with van der Waals surface area (Å²) < 4.78 is 4.79. The van der Waals surface area contributed by atoms with Gasteiger partial charge in [-0.25, -0.2) is 9.78 Å². The Morgan fingerprint density at radius 3 is 2.52 bits per heavy atom. The first-order valence-corrected chi connectivity index (χ1v) is 8.27. The van der Waals surface area contributed by atoms with Crippen LogP contribution >= 0.6 is 0 Å². The number of amides is 3. The van der Waals surface area contributed by atoms with Crippen molar-refractivity contribution in [2.24, 2.45) is 5.92 Å². The summed E-state index contributed by atoms with van der Waals surface area (Å²) in [5.41, 5.74) is 0.999. The molecule has 0 spiro atoms. The number of ether oxygens (including phenoxy) is 1. The van der Waals surface area contributed by atoms with E-state index in [0.29, 0.717) is 5.82 Å². The molecule has 0 aromatic carbocycles. The highest BCUT2D eigenvalue weighted by Crippen LogP contribution is 2.05. The number of alkyl carbamates (subject to hydrolysis) is 1. The lowest BCUT2D eigenvalue weighted by atomic mass is 10.0. The van der Waals surface area contributed by atoms with Crippen LogP contribution in [-0.2, 0) is 14.3 Å². The minimum atomic E-state index is -0.721. The standard InChI is InChI=1S/C17H26N4O4/c1-5-25-17(24)21-15(11(2)3)16(23)18-9-8-14(22)20-13-7-6-12(4)10-19-13/h6-7,10-11,15H,5,8-9H2,1-4H3,(H,18,23)(H,21,24)(H,19,20,22). The van der Waals surface area contributed by atoms with E-state index >= 15 is 0 Å². The van der Waals surface area contributed by atoms with Crippen LogP contribution in [0.1, 0.15) is 32.8 Å². The number of pyridine rings is 1. The Hall–Kier alpha value is -2.64. The topological polar surface area (TPSA) is 109 Å². The molecule has 0 aliphatic heterocycles. The fraction of sp³-hybridized carbons (Fsp3) is 0.529. The van der Waals surface area contributed by atoms with E-state index in [9.17, 15) is 14.4 Å². The maximum atomic E-state index is 12.2. The molecule has 8 heteroatoms. The summed E-state index contributed by atoms with van der Waals surface area (Å²) in [5, 5.41) is 7.82. The van der Waals surface area contributed by atoms with Crippen molar-refractivity contribution < 1.29 is 19.1 Å². The third-order valence-corrected chi connectivity index (χ3v) is 3.33. The maximum absolute atomic E-state index is 12.2. The van der Waals surface area contributed by atoms with E-state index in [1.807, 2.05) is 26.8 Å². The van der Waals surface area contributed by atoms with Crippen molar-refractivity contribution in [1.82, 2.24) is 15.6 Å². The number of hydrogen-bond acceptors (Lipinski definition) is 5. The molecule has 8 nitrogen and oxygen atoms in total. The van der Waals surface area contributed by atoms with Gasteiger partial charge in [0.1, 0.15) is 11.9 Å². The summed E-state index contributed by atoms with van der Waals surface area (Å²) >= 11 is 0. The number of anilines is 1. The zero-order chi connectivity index (χ0) is 18.8. The van der Waals surface area contributed by atoms with Gasteiger partial charge in [-0.3, -0.25) is 9.59 Å². The fourth-order valence-corrected chi connectivity index (χ4v) is 1.99. The van der Waals surface area contributed by atoms with Crippen molar-refractivity contribution in [1.29, 1.82) is 0 Å². The first-order valence-electron chi connectivity index (χ1n) is 8.27. The largest absolute Gasteiger partial charge is 0.450 e. The maximum Gasteiger partial charge on any atom is 0.407 e. The molecule has 1 atom stereocenters. The van der Waals surface area contributed by atoms with Gasteiger partial charge in [0, 0.05) is 19.2 Å². The van der Waals surface area contributed by atoms with Gasteiger partial charge in [0.25, 0.3) is 0 Å². The van der Waals surface area contributed by atoms with Gasteiger partial charge in [-0.05, 0) is 31.4 Å². The zero-order valence-corrected chi connectivity index (χ0v) is 15.1. The monoisotopic (exact) mass is 350 g/mol. The van der Waals surface area contributed by atoms with E-state index in [4.69, 9.17) is 4.74 Å². The van der Waals surface area contributed by atoms with Crippen LogP contribution in [0.3, 0.4) is 0 Å². The van der Waals surface area contributed by atoms with Gasteiger partial charge >= 0.3 is 6.09 Å². The van der Waals surface area contributed by atoms with E-state index in [-0.39, 0.29) is 37.3 Å². The van der Waals surface area contributed by atoms with Gasteiger partial charge in [-0.2, -0.15) is 0 Å². The van der Waals surface area contributed by atoms with Crippen LogP contribution in [0.25, 0.3) is 0 Å². The normalized spacial score (nSPS) is 11.6. The molecule has 1 heterocycles. The second kappa shape index (κ2) is 10.3. The summed E-state index contributed by atoms with van der Waals surface area (Å²) in [5.74, 6) is -0.263. The number of nitrogens with zero attached hydrogens (tertiary/aromatic N) is 1. The van der Waals surface area contributed by atoms with Crippen LogP contribution in [-0.4, -0.2) is 42.1 Å². The lowest BCUT2D eigenvalue weighted by molar-refractivity contribution is -0.124. The molecule has 1 aromatic rings. The minimum absolute atomic E-state index is 0.103. The molecular weight excluding hydrogens is 324 g/mol. The molecule has 25 heavy (non-hydrogen) atoms. The molecule has 0 saturated carbocycles. The first-order chi connectivity index (χ1) is 11.8. The summed E-state index contributed by atoms with van der Waals surface area (Å²) in [6.07, 6.45) is 1.12. The van der Waals surface area contributed by atoms with Gasteiger partial charge in [0.2, 0.25) is 11.8 Å². The fourth-order valence-electron chi connectivity index (χ4n) is 1.99. The van der Waals surface area contributed by atoms with Gasteiger partial charge < -0.3 is 20.7 Å². The summed E-state index contributed by atoms with van der Waals surface area (Å²) in [4.78, 5) is 39.6. The Morgan fingerprint density at radius 1 is 1.24 bits per heavy atom. The SMILES string of the molecule is CCOC(=O)NC(C(=O)NCCC(=O)Nc1ccc(C)cn1)C(C)C. The molecule has 1 unspecified atom stereocenters. The Bertz CT molecular complexity index is 587. The highest BCUT2D eigenvalue weighted by atomic mass is 16.5. The lowest BCUT2D eigenvalue weighted by Gasteiger charge is -2.21. The third-order valence-electron chi connectivity index (χ3n) is 3.33.